The van der Waals surface area contributed by atoms with Crippen molar-refractivity contribution in [1.29, 1.82) is 0 Å². The minimum atomic E-state index is 0. The molecule has 0 aromatic rings. The number of halogens is 1. The van der Waals surface area contributed by atoms with Crippen LogP contribution in [0.15, 0.2) is 11.6 Å². The first-order valence-corrected chi connectivity index (χ1v) is 4.10. The third-order valence-corrected chi connectivity index (χ3v) is 1.49. The van der Waals surface area contributed by atoms with E-state index in [4.69, 9.17) is 11.6 Å². The summed E-state index contributed by atoms with van der Waals surface area (Å²) in [6.07, 6.45) is 8.45. The first-order valence-electron chi connectivity index (χ1n) is 3.67. The molecule has 0 spiro atoms. The number of hydrogen-bond donors (Lipinski definition) is 0. The molecule has 0 aromatic carbocycles. The number of rotatable bonds is 5. The van der Waals surface area contributed by atoms with E-state index in [0.29, 0.717) is 0 Å². The van der Waals surface area contributed by atoms with E-state index in [-0.39, 0.29) is 49.0 Å². The van der Waals surface area contributed by atoms with Crippen LogP contribution in [-0.2, 0) is 19.5 Å². The first-order chi connectivity index (χ1) is 4.41. The van der Waals surface area contributed by atoms with Crippen molar-refractivity contribution in [3.8, 4) is 0 Å². The maximum atomic E-state index is 5.33. The topological polar surface area (TPSA) is 0 Å². The minimum Gasteiger partial charge on any atom is 0 e. The smallest absolute Gasteiger partial charge is 0 e. The van der Waals surface area contributed by atoms with Gasteiger partial charge in [0.1, 0.15) is 0 Å². The fraction of sp³-hybridized carbons (Fsp3) is 0.750. The molecule has 0 amide bonds. The Morgan fingerprint density at radius 1 is 1.18 bits per heavy atom. The van der Waals surface area contributed by atoms with Crippen LogP contribution < -0.4 is 0 Å². The van der Waals surface area contributed by atoms with Gasteiger partial charge in [0.2, 0.25) is 0 Å². The van der Waals surface area contributed by atoms with Gasteiger partial charge in [0.25, 0.3) is 0 Å². The van der Waals surface area contributed by atoms with Gasteiger partial charge in [-0.25, -0.2) is 0 Å². The second-order valence-electron chi connectivity index (χ2n) is 2.21. The van der Waals surface area contributed by atoms with Gasteiger partial charge in [-0.15, -0.1) is 0 Å². The molecule has 0 radical (unpaired) electrons. The van der Waals surface area contributed by atoms with Crippen molar-refractivity contribution in [3.63, 3.8) is 0 Å². The SMILES string of the molecule is CCCCCC/C=C/Cl.[NaH].[Zn]. The molecule has 0 aliphatic carbocycles. The number of unbranched alkanes of at least 4 members (excludes halogenated alkanes) is 4. The molecular weight excluding hydrogens is 220 g/mol. The van der Waals surface area contributed by atoms with E-state index < -0.39 is 0 Å². The summed E-state index contributed by atoms with van der Waals surface area (Å²) in [5.41, 5.74) is 1.60. The van der Waals surface area contributed by atoms with Crippen LogP contribution in [0.3, 0.4) is 0 Å². The largest absolute Gasteiger partial charge is 0 e. The third kappa shape index (κ3) is 18.5. The fourth-order valence-electron chi connectivity index (χ4n) is 0.752. The first kappa shape index (κ1) is 18.4. The average molecular weight is 236 g/mol. The molecule has 0 atom stereocenters. The molecular formula is C8H16ClNaZn. The Morgan fingerprint density at radius 2 is 1.82 bits per heavy atom. The number of allylic oxidation sites excluding steroid dienone is 1. The van der Waals surface area contributed by atoms with Gasteiger partial charge in [-0.1, -0.05) is 43.9 Å². The molecule has 0 fully saturated rings. The van der Waals surface area contributed by atoms with Crippen molar-refractivity contribution in [2.75, 3.05) is 0 Å². The van der Waals surface area contributed by atoms with Crippen molar-refractivity contribution in [2.24, 2.45) is 0 Å². The Balaban J connectivity index is -0.000000320. The molecule has 0 aromatic heterocycles. The molecule has 0 rings (SSSR count). The van der Waals surface area contributed by atoms with Crippen LogP contribution in [0.25, 0.3) is 0 Å². The summed E-state index contributed by atoms with van der Waals surface area (Å²) in [6.45, 7) is 2.22. The van der Waals surface area contributed by atoms with E-state index in [1.165, 1.54) is 25.7 Å². The zero-order chi connectivity index (χ0) is 6.95. The minimum absolute atomic E-state index is 0. The van der Waals surface area contributed by atoms with Gasteiger partial charge in [-0.05, 0) is 12.8 Å². The molecule has 0 N–H and O–H groups in total. The summed E-state index contributed by atoms with van der Waals surface area (Å²) in [4.78, 5) is 0. The zero-order valence-corrected chi connectivity index (χ0v) is 10.5. The maximum absolute atomic E-state index is 5.33. The van der Waals surface area contributed by atoms with Crippen LogP contribution in [0, 0.1) is 0 Å². The Morgan fingerprint density at radius 3 is 2.27 bits per heavy atom. The molecule has 0 heterocycles. The molecule has 3 heteroatoms. The third-order valence-electron chi connectivity index (χ3n) is 1.31. The van der Waals surface area contributed by atoms with Crippen LogP contribution in [0.5, 0.6) is 0 Å². The van der Waals surface area contributed by atoms with Crippen molar-refractivity contribution in [3.05, 3.63) is 11.6 Å². The normalized spacial score (nSPS) is 8.91. The molecule has 0 aliphatic heterocycles. The van der Waals surface area contributed by atoms with Crippen LogP contribution in [0.1, 0.15) is 39.0 Å². The fourth-order valence-corrected chi connectivity index (χ4v) is 0.878. The molecule has 0 aliphatic rings. The van der Waals surface area contributed by atoms with Crippen molar-refractivity contribution < 1.29 is 19.5 Å². The standard InChI is InChI=1S/C8H15Cl.Na.Zn.H/c1-2-3-4-5-6-7-8-9;;;/h7-8H,2-6H2,1H3;;;/b8-7+;;;. The Bertz CT molecular complexity index is 76.5. The summed E-state index contributed by atoms with van der Waals surface area (Å²) in [6, 6.07) is 0. The quantitative estimate of drug-likeness (QED) is 0.508. The van der Waals surface area contributed by atoms with Gasteiger partial charge in [-0.3, -0.25) is 0 Å². The van der Waals surface area contributed by atoms with Crippen molar-refractivity contribution in [1.82, 2.24) is 0 Å². The van der Waals surface area contributed by atoms with E-state index in [1.54, 1.807) is 5.54 Å². The summed E-state index contributed by atoms with van der Waals surface area (Å²) < 4.78 is 0. The molecule has 0 saturated carbocycles. The monoisotopic (exact) mass is 234 g/mol. The second-order valence-corrected chi connectivity index (χ2v) is 2.46. The molecule has 11 heavy (non-hydrogen) atoms. The van der Waals surface area contributed by atoms with E-state index in [9.17, 15) is 0 Å². The Labute approximate surface area is 110 Å². The van der Waals surface area contributed by atoms with Gasteiger partial charge in [0, 0.05) is 25.0 Å². The van der Waals surface area contributed by atoms with Crippen LogP contribution in [0.4, 0.5) is 0 Å². The summed E-state index contributed by atoms with van der Waals surface area (Å²) in [5, 5.41) is 0. The van der Waals surface area contributed by atoms with Gasteiger partial charge < -0.3 is 0 Å². The molecule has 0 nitrogen and oxygen atoms in total. The van der Waals surface area contributed by atoms with Crippen LogP contribution in [-0.4, -0.2) is 29.6 Å². The molecule has 58 valence electrons. The van der Waals surface area contributed by atoms with Gasteiger partial charge in [0.05, 0.1) is 0 Å². The summed E-state index contributed by atoms with van der Waals surface area (Å²) in [5.74, 6) is 0. The van der Waals surface area contributed by atoms with Gasteiger partial charge >= 0.3 is 29.6 Å². The van der Waals surface area contributed by atoms with Crippen LogP contribution in [0.2, 0.25) is 0 Å². The van der Waals surface area contributed by atoms with Crippen LogP contribution >= 0.6 is 11.6 Å². The summed E-state index contributed by atoms with van der Waals surface area (Å²) in [7, 11) is 0. The maximum Gasteiger partial charge on any atom is 0 e. The average Bonchev–Trinajstić information content (AvgIpc) is 1.89. The summed E-state index contributed by atoms with van der Waals surface area (Å²) >= 11 is 5.33. The molecule has 0 unspecified atom stereocenters. The molecule has 0 bridgehead atoms. The second kappa shape index (κ2) is 17.7. The number of hydrogen-bond acceptors (Lipinski definition) is 0. The van der Waals surface area contributed by atoms with Gasteiger partial charge in [-0.2, -0.15) is 0 Å². The molecule has 0 saturated heterocycles. The predicted molar refractivity (Wildman–Crippen MR) is 50.9 cm³/mol. The van der Waals surface area contributed by atoms with Crippen molar-refractivity contribution >= 4 is 41.2 Å². The van der Waals surface area contributed by atoms with Gasteiger partial charge in [0.15, 0.2) is 0 Å². The van der Waals surface area contributed by atoms with E-state index in [0.717, 1.165) is 6.42 Å². The zero-order valence-electron chi connectivity index (χ0n) is 6.78. The van der Waals surface area contributed by atoms with E-state index >= 15 is 0 Å². The van der Waals surface area contributed by atoms with E-state index in [1.807, 2.05) is 6.08 Å². The van der Waals surface area contributed by atoms with Crippen molar-refractivity contribution in [2.45, 2.75) is 39.0 Å². The Kier molecular flexibility index (Phi) is 29.6. The van der Waals surface area contributed by atoms with E-state index in [2.05, 4.69) is 6.92 Å². The Hall–Kier alpha value is 1.65. The predicted octanol–water partition coefficient (Wildman–Crippen LogP) is 3.06.